The van der Waals surface area contributed by atoms with Gasteiger partial charge in [0, 0.05) is 25.8 Å². The highest BCUT2D eigenvalue weighted by Gasteiger charge is 2.19. The zero-order valence-corrected chi connectivity index (χ0v) is 17.5. The van der Waals surface area contributed by atoms with E-state index in [1.54, 1.807) is 4.40 Å². The van der Waals surface area contributed by atoms with Crippen LogP contribution >= 0.6 is 15.9 Å². The summed E-state index contributed by atoms with van der Waals surface area (Å²) in [5.74, 6) is 2.38. The number of hydrogen-bond donors (Lipinski definition) is 1. The SMILES string of the molecule is CCCCCn1c2cc(Br)[nH]c2c(=O)n2c(CCc3nc(CC)no3)nnc12. The molecule has 0 aliphatic rings. The highest BCUT2D eigenvalue weighted by atomic mass is 79.9. The van der Waals surface area contributed by atoms with Crippen LogP contribution in [0.15, 0.2) is 20.0 Å². The maximum atomic E-state index is 13.1. The lowest BCUT2D eigenvalue weighted by molar-refractivity contribution is 0.372. The van der Waals surface area contributed by atoms with E-state index in [1.165, 1.54) is 0 Å². The number of aromatic nitrogens is 7. The van der Waals surface area contributed by atoms with Gasteiger partial charge in [0.15, 0.2) is 5.82 Å². The second kappa shape index (κ2) is 7.86. The minimum atomic E-state index is -0.151. The molecule has 4 aromatic heterocycles. The summed E-state index contributed by atoms with van der Waals surface area (Å²) in [5.41, 5.74) is 1.23. The van der Waals surface area contributed by atoms with Crippen molar-refractivity contribution in [1.82, 2.24) is 34.3 Å². The number of nitrogens with zero attached hydrogens (tertiary/aromatic N) is 6. The van der Waals surface area contributed by atoms with E-state index in [-0.39, 0.29) is 5.56 Å². The van der Waals surface area contributed by atoms with E-state index < -0.39 is 0 Å². The van der Waals surface area contributed by atoms with Gasteiger partial charge in [0.05, 0.1) is 10.1 Å². The van der Waals surface area contributed by atoms with Gasteiger partial charge in [-0.1, -0.05) is 31.8 Å². The van der Waals surface area contributed by atoms with Gasteiger partial charge in [-0.2, -0.15) is 4.98 Å². The quantitative estimate of drug-likeness (QED) is 0.415. The molecular formula is C18H22BrN7O2. The van der Waals surface area contributed by atoms with Crippen LogP contribution in [0.25, 0.3) is 16.8 Å². The smallest absolute Gasteiger partial charge is 0.284 e. The molecule has 148 valence electrons. The molecule has 0 bridgehead atoms. The molecular weight excluding hydrogens is 426 g/mol. The summed E-state index contributed by atoms with van der Waals surface area (Å²) in [4.78, 5) is 20.5. The summed E-state index contributed by atoms with van der Waals surface area (Å²) in [5, 5.41) is 12.5. The van der Waals surface area contributed by atoms with Crippen LogP contribution in [0.5, 0.6) is 0 Å². The lowest BCUT2D eigenvalue weighted by atomic mass is 10.2. The second-order valence-corrected chi connectivity index (χ2v) is 7.61. The average Bonchev–Trinajstić information content (AvgIpc) is 3.40. The Morgan fingerprint density at radius 3 is 2.82 bits per heavy atom. The topological polar surface area (TPSA) is 107 Å². The first kappa shape index (κ1) is 18.9. The first-order chi connectivity index (χ1) is 13.6. The van der Waals surface area contributed by atoms with Crippen LogP contribution < -0.4 is 5.56 Å². The Hall–Kier alpha value is -2.49. The van der Waals surface area contributed by atoms with Crippen LogP contribution in [-0.2, 0) is 25.8 Å². The second-order valence-electron chi connectivity index (χ2n) is 6.75. The molecule has 0 unspecified atom stereocenters. The van der Waals surface area contributed by atoms with Gasteiger partial charge in [-0.3, -0.25) is 4.79 Å². The molecule has 0 radical (unpaired) electrons. The fourth-order valence-electron chi connectivity index (χ4n) is 3.35. The molecule has 0 aliphatic heterocycles. The van der Waals surface area contributed by atoms with Crippen molar-refractivity contribution in [3.8, 4) is 0 Å². The minimum Gasteiger partial charge on any atom is -0.343 e. The van der Waals surface area contributed by atoms with E-state index in [4.69, 9.17) is 4.52 Å². The van der Waals surface area contributed by atoms with Crippen LogP contribution in [-0.4, -0.2) is 34.3 Å². The Morgan fingerprint density at radius 1 is 1.21 bits per heavy atom. The molecule has 0 saturated heterocycles. The molecule has 4 aromatic rings. The predicted octanol–water partition coefficient (Wildman–Crippen LogP) is 3.06. The van der Waals surface area contributed by atoms with E-state index in [2.05, 4.69) is 52.7 Å². The van der Waals surface area contributed by atoms with Crippen LogP contribution in [0.4, 0.5) is 0 Å². The predicted molar refractivity (Wildman–Crippen MR) is 107 cm³/mol. The van der Waals surface area contributed by atoms with Crippen molar-refractivity contribution in [3.05, 3.63) is 38.6 Å². The monoisotopic (exact) mass is 447 g/mol. The number of fused-ring (bicyclic) bond motifs is 2. The fourth-order valence-corrected chi connectivity index (χ4v) is 3.77. The standard InChI is InChI=1S/C18H22BrN7O2/c1-3-5-6-9-25-11-10-12(19)20-16(11)17(27)26-14(22-23-18(25)26)7-8-15-21-13(4-2)24-28-15/h10,20H,3-9H2,1-2H3. The fraction of sp³-hybridized carbons (Fsp3) is 0.500. The van der Waals surface area contributed by atoms with Gasteiger partial charge in [0.2, 0.25) is 11.7 Å². The number of unbranched alkanes of at least 4 members (excludes halogenated alkanes) is 2. The molecule has 4 heterocycles. The number of halogens is 1. The van der Waals surface area contributed by atoms with E-state index in [1.807, 2.05) is 13.0 Å². The van der Waals surface area contributed by atoms with E-state index in [9.17, 15) is 4.79 Å². The number of hydrogen-bond acceptors (Lipinski definition) is 6. The van der Waals surface area contributed by atoms with Crippen molar-refractivity contribution < 1.29 is 4.52 Å². The molecule has 0 spiro atoms. The van der Waals surface area contributed by atoms with Crippen LogP contribution in [0, 0.1) is 0 Å². The first-order valence-corrected chi connectivity index (χ1v) is 10.4. The van der Waals surface area contributed by atoms with E-state index in [0.717, 1.165) is 42.3 Å². The van der Waals surface area contributed by atoms with E-state index >= 15 is 0 Å². The summed E-state index contributed by atoms with van der Waals surface area (Å²) in [6.45, 7) is 4.92. The van der Waals surface area contributed by atoms with Crippen LogP contribution in [0.3, 0.4) is 0 Å². The van der Waals surface area contributed by atoms with Crippen molar-refractivity contribution in [2.45, 2.75) is 58.9 Å². The lowest BCUT2D eigenvalue weighted by Gasteiger charge is -2.10. The first-order valence-electron chi connectivity index (χ1n) is 9.58. The maximum absolute atomic E-state index is 13.1. The van der Waals surface area contributed by atoms with Gasteiger partial charge in [-0.05, 0) is 28.4 Å². The van der Waals surface area contributed by atoms with Crippen molar-refractivity contribution >= 4 is 32.7 Å². The Labute approximate surface area is 169 Å². The summed E-state index contributed by atoms with van der Waals surface area (Å²) in [6, 6.07) is 1.92. The number of H-pyrrole nitrogens is 1. The molecule has 9 nitrogen and oxygen atoms in total. The third-order valence-electron chi connectivity index (χ3n) is 4.80. The molecule has 0 aromatic carbocycles. The Balaban J connectivity index is 1.75. The van der Waals surface area contributed by atoms with Crippen molar-refractivity contribution in [2.24, 2.45) is 0 Å². The zero-order chi connectivity index (χ0) is 19.7. The van der Waals surface area contributed by atoms with Gasteiger partial charge in [0.25, 0.3) is 5.56 Å². The summed E-state index contributed by atoms with van der Waals surface area (Å²) in [6.07, 6.45) is 4.97. The molecule has 10 heteroatoms. The van der Waals surface area contributed by atoms with Gasteiger partial charge in [0.1, 0.15) is 11.3 Å². The molecule has 0 aliphatic carbocycles. The Bertz CT molecular complexity index is 1170. The zero-order valence-electron chi connectivity index (χ0n) is 15.9. The number of aryl methyl sites for hydroxylation is 4. The number of nitrogens with one attached hydrogen (secondary N) is 1. The molecule has 1 N–H and O–H groups in total. The third kappa shape index (κ3) is 3.36. The number of rotatable bonds is 8. The summed E-state index contributed by atoms with van der Waals surface area (Å²) < 4.78 is 9.67. The average molecular weight is 448 g/mol. The highest BCUT2D eigenvalue weighted by Crippen LogP contribution is 2.20. The number of aromatic amines is 1. The van der Waals surface area contributed by atoms with Crippen molar-refractivity contribution in [1.29, 1.82) is 0 Å². The van der Waals surface area contributed by atoms with Crippen molar-refractivity contribution in [2.75, 3.05) is 0 Å². The minimum absolute atomic E-state index is 0.151. The molecule has 0 amide bonds. The highest BCUT2D eigenvalue weighted by molar-refractivity contribution is 9.10. The molecule has 0 fully saturated rings. The van der Waals surface area contributed by atoms with Gasteiger partial charge >= 0.3 is 0 Å². The van der Waals surface area contributed by atoms with Crippen LogP contribution in [0.2, 0.25) is 0 Å². The Morgan fingerprint density at radius 2 is 2.07 bits per heavy atom. The molecule has 0 atom stereocenters. The molecule has 4 rings (SSSR count). The maximum Gasteiger partial charge on any atom is 0.284 e. The van der Waals surface area contributed by atoms with Crippen LogP contribution in [0.1, 0.15) is 50.6 Å². The normalized spacial score (nSPS) is 11.8. The molecule has 0 saturated carbocycles. The third-order valence-corrected chi connectivity index (χ3v) is 5.23. The summed E-state index contributed by atoms with van der Waals surface area (Å²) in [7, 11) is 0. The van der Waals surface area contributed by atoms with E-state index in [0.29, 0.717) is 41.7 Å². The van der Waals surface area contributed by atoms with Crippen molar-refractivity contribution in [3.63, 3.8) is 0 Å². The molecule has 28 heavy (non-hydrogen) atoms. The lowest BCUT2D eigenvalue weighted by Crippen LogP contribution is -2.21. The van der Waals surface area contributed by atoms with Gasteiger partial charge in [-0.15, -0.1) is 10.2 Å². The van der Waals surface area contributed by atoms with Gasteiger partial charge in [-0.25, -0.2) is 4.40 Å². The Kier molecular flexibility index (Phi) is 5.29. The van der Waals surface area contributed by atoms with Gasteiger partial charge < -0.3 is 14.1 Å². The largest absolute Gasteiger partial charge is 0.343 e. The summed E-state index contributed by atoms with van der Waals surface area (Å²) >= 11 is 3.44.